The lowest BCUT2D eigenvalue weighted by atomic mass is 10.1. The van der Waals surface area contributed by atoms with Crippen molar-refractivity contribution < 1.29 is 13.6 Å². The number of hydrogen-bond acceptors (Lipinski definition) is 3. The van der Waals surface area contributed by atoms with Crippen LogP contribution in [-0.4, -0.2) is 11.3 Å². The van der Waals surface area contributed by atoms with Crippen LogP contribution in [0, 0.1) is 6.92 Å². The molecule has 5 heteroatoms. The fourth-order valence-corrected chi connectivity index (χ4v) is 0.954. The highest BCUT2D eigenvalue weighted by Gasteiger charge is 2.17. The van der Waals surface area contributed by atoms with Crippen LogP contribution in [0.2, 0.25) is 0 Å². The molecule has 0 spiro atoms. The van der Waals surface area contributed by atoms with Crippen molar-refractivity contribution in [3.63, 3.8) is 0 Å². The topological polar surface area (TPSA) is 56.0 Å². The predicted molar refractivity (Wildman–Crippen MR) is 43.7 cm³/mol. The van der Waals surface area contributed by atoms with Gasteiger partial charge in [0.15, 0.2) is 6.29 Å². The van der Waals surface area contributed by atoms with Gasteiger partial charge in [-0.1, -0.05) is 0 Å². The maximum atomic E-state index is 12.2. The van der Waals surface area contributed by atoms with Gasteiger partial charge in [0, 0.05) is 11.9 Å². The molecule has 0 radical (unpaired) electrons. The van der Waals surface area contributed by atoms with Crippen molar-refractivity contribution in [3.05, 3.63) is 23.0 Å². The van der Waals surface area contributed by atoms with Crippen LogP contribution in [-0.2, 0) is 0 Å². The van der Waals surface area contributed by atoms with Gasteiger partial charge in [0.1, 0.15) is 5.69 Å². The molecule has 70 valence electrons. The molecule has 0 aliphatic rings. The van der Waals surface area contributed by atoms with E-state index < -0.39 is 12.1 Å². The van der Waals surface area contributed by atoms with Crippen LogP contribution in [0.25, 0.3) is 0 Å². The van der Waals surface area contributed by atoms with E-state index in [1.165, 1.54) is 6.20 Å². The highest BCUT2D eigenvalue weighted by Crippen LogP contribution is 2.25. The van der Waals surface area contributed by atoms with Gasteiger partial charge in [0.05, 0.1) is 5.56 Å². The fourth-order valence-electron chi connectivity index (χ4n) is 0.954. The molecule has 1 aromatic heterocycles. The number of rotatable bonds is 2. The molecule has 0 aliphatic heterocycles. The van der Waals surface area contributed by atoms with E-state index >= 15 is 0 Å². The molecule has 0 aromatic carbocycles. The molecule has 0 fully saturated rings. The molecular formula is C8H8F2N2O. The Morgan fingerprint density at radius 3 is 2.69 bits per heavy atom. The van der Waals surface area contributed by atoms with Crippen molar-refractivity contribution in [1.82, 2.24) is 4.98 Å². The SMILES string of the molecule is Cc1cnc(C(F)F)c(C=O)c1N. The highest BCUT2D eigenvalue weighted by atomic mass is 19.3. The third kappa shape index (κ3) is 1.63. The van der Waals surface area contributed by atoms with Crippen LogP contribution in [0.4, 0.5) is 14.5 Å². The van der Waals surface area contributed by atoms with Gasteiger partial charge in [-0.3, -0.25) is 9.78 Å². The number of nitrogens with two attached hydrogens (primary N) is 1. The van der Waals surface area contributed by atoms with E-state index in [2.05, 4.69) is 4.98 Å². The van der Waals surface area contributed by atoms with Crippen molar-refractivity contribution in [3.8, 4) is 0 Å². The lowest BCUT2D eigenvalue weighted by Crippen LogP contribution is -2.04. The van der Waals surface area contributed by atoms with Crippen LogP contribution in [0.3, 0.4) is 0 Å². The Balaban J connectivity index is 3.38. The lowest BCUT2D eigenvalue weighted by Gasteiger charge is -2.07. The number of carbonyl (C=O) groups excluding carboxylic acids is 1. The normalized spacial score (nSPS) is 10.5. The summed E-state index contributed by atoms with van der Waals surface area (Å²) in [7, 11) is 0. The molecule has 0 unspecified atom stereocenters. The first-order chi connectivity index (χ1) is 6.07. The number of hydrogen-bond donors (Lipinski definition) is 1. The molecule has 0 bridgehead atoms. The summed E-state index contributed by atoms with van der Waals surface area (Å²) in [6.07, 6.45) is -1.25. The molecule has 0 saturated carbocycles. The highest BCUT2D eigenvalue weighted by molar-refractivity contribution is 5.85. The number of halogens is 2. The lowest BCUT2D eigenvalue weighted by molar-refractivity contribution is 0.110. The summed E-state index contributed by atoms with van der Waals surface area (Å²) >= 11 is 0. The number of anilines is 1. The smallest absolute Gasteiger partial charge is 0.281 e. The molecule has 1 rings (SSSR count). The van der Waals surface area contributed by atoms with Gasteiger partial charge in [-0.2, -0.15) is 0 Å². The van der Waals surface area contributed by atoms with Gasteiger partial charge in [-0.15, -0.1) is 0 Å². The number of carbonyl (C=O) groups is 1. The molecule has 0 atom stereocenters. The van der Waals surface area contributed by atoms with Gasteiger partial charge in [0.25, 0.3) is 6.43 Å². The van der Waals surface area contributed by atoms with Crippen molar-refractivity contribution in [2.45, 2.75) is 13.3 Å². The molecular weight excluding hydrogens is 178 g/mol. The van der Waals surface area contributed by atoms with Gasteiger partial charge >= 0.3 is 0 Å². The van der Waals surface area contributed by atoms with E-state index in [0.29, 0.717) is 11.8 Å². The summed E-state index contributed by atoms with van der Waals surface area (Å²) in [6, 6.07) is 0. The predicted octanol–water partition coefficient (Wildman–Crippen LogP) is 1.72. The number of nitrogens with zero attached hydrogens (tertiary/aromatic N) is 1. The van der Waals surface area contributed by atoms with E-state index in [0.717, 1.165) is 0 Å². The van der Waals surface area contributed by atoms with Crippen LogP contribution in [0.5, 0.6) is 0 Å². The number of aldehydes is 1. The maximum Gasteiger partial charge on any atom is 0.281 e. The summed E-state index contributed by atoms with van der Waals surface area (Å²) in [6.45, 7) is 1.60. The summed E-state index contributed by atoms with van der Waals surface area (Å²) < 4.78 is 24.5. The average molecular weight is 186 g/mol. The zero-order valence-corrected chi connectivity index (χ0v) is 6.92. The van der Waals surface area contributed by atoms with Gasteiger partial charge in [0.2, 0.25) is 0 Å². The zero-order valence-electron chi connectivity index (χ0n) is 6.92. The Kier molecular flexibility index (Phi) is 2.55. The fraction of sp³-hybridized carbons (Fsp3) is 0.250. The van der Waals surface area contributed by atoms with Crippen LogP contribution >= 0.6 is 0 Å². The van der Waals surface area contributed by atoms with E-state index in [4.69, 9.17) is 5.73 Å². The average Bonchev–Trinajstić information content (AvgIpc) is 2.09. The maximum absolute atomic E-state index is 12.2. The number of aryl methyl sites for hydroxylation is 1. The van der Waals surface area contributed by atoms with Crippen molar-refractivity contribution in [2.75, 3.05) is 5.73 Å². The third-order valence-corrected chi connectivity index (χ3v) is 1.71. The molecule has 3 nitrogen and oxygen atoms in total. The Labute approximate surface area is 73.6 Å². The number of aromatic nitrogens is 1. The summed E-state index contributed by atoms with van der Waals surface area (Å²) in [5.74, 6) is 0. The van der Waals surface area contributed by atoms with Crippen LogP contribution < -0.4 is 5.73 Å². The van der Waals surface area contributed by atoms with Gasteiger partial charge < -0.3 is 5.73 Å². The van der Waals surface area contributed by atoms with E-state index in [1.807, 2.05) is 0 Å². The second-order valence-corrected chi connectivity index (χ2v) is 2.57. The Hall–Kier alpha value is -1.52. The first-order valence-electron chi connectivity index (χ1n) is 3.56. The molecule has 0 saturated heterocycles. The second kappa shape index (κ2) is 3.47. The summed E-state index contributed by atoms with van der Waals surface area (Å²) in [4.78, 5) is 13.9. The molecule has 1 heterocycles. The Morgan fingerprint density at radius 2 is 2.23 bits per heavy atom. The molecule has 1 aromatic rings. The largest absolute Gasteiger partial charge is 0.398 e. The molecule has 0 amide bonds. The molecule has 13 heavy (non-hydrogen) atoms. The monoisotopic (exact) mass is 186 g/mol. The van der Waals surface area contributed by atoms with E-state index in [1.54, 1.807) is 6.92 Å². The summed E-state index contributed by atoms with van der Waals surface area (Å²) in [5, 5.41) is 0. The minimum absolute atomic E-state index is 0.0697. The van der Waals surface area contributed by atoms with Crippen molar-refractivity contribution in [1.29, 1.82) is 0 Å². The summed E-state index contributed by atoms with van der Waals surface area (Å²) in [5.41, 5.74) is 5.25. The Morgan fingerprint density at radius 1 is 1.62 bits per heavy atom. The number of pyridine rings is 1. The number of nitrogen functional groups attached to an aromatic ring is 1. The van der Waals surface area contributed by atoms with Gasteiger partial charge in [-0.25, -0.2) is 8.78 Å². The first-order valence-corrected chi connectivity index (χ1v) is 3.56. The van der Waals surface area contributed by atoms with Crippen LogP contribution in [0.15, 0.2) is 6.20 Å². The quantitative estimate of drug-likeness (QED) is 0.715. The van der Waals surface area contributed by atoms with Crippen LogP contribution in [0.1, 0.15) is 28.0 Å². The zero-order chi connectivity index (χ0) is 10.0. The van der Waals surface area contributed by atoms with Crippen molar-refractivity contribution in [2.24, 2.45) is 0 Å². The van der Waals surface area contributed by atoms with E-state index in [9.17, 15) is 13.6 Å². The minimum Gasteiger partial charge on any atom is -0.398 e. The minimum atomic E-state index is -2.77. The number of alkyl halides is 2. The van der Waals surface area contributed by atoms with E-state index in [-0.39, 0.29) is 11.3 Å². The standard InChI is InChI=1S/C8H8F2N2O/c1-4-2-12-7(8(9)10)5(3-13)6(4)11/h2-3,8H,1H3,(H2,11,12). The third-order valence-electron chi connectivity index (χ3n) is 1.71. The molecule has 2 N–H and O–H groups in total. The second-order valence-electron chi connectivity index (χ2n) is 2.57. The molecule has 0 aliphatic carbocycles. The first kappa shape index (κ1) is 9.57. The van der Waals surface area contributed by atoms with Crippen molar-refractivity contribution >= 4 is 12.0 Å². The van der Waals surface area contributed by atoms with Gasteiger partial charge in [-0.05, 0) is 12.5 Å². The Bertz CT molecular complexity index is 339.